The summed E-state index contributed by atoms with van der Waals surface area (Å²) < 4.78 is 4.34. The van der Waals surface area contributed by atoms with E-state index >= 15 is 0 Å². The Balaban J connectivity index is 3.26. The minimum Gasteiger partial charge on any atom is -0.478 e. The molecule has 0 radical (unpaired) electrons. The van der Waals surface area contributed by atoms with Crippen LogP contribution in [-0.4, -0.2) is 24.3 Å². The maximum absolute atomic E-state index is 11.0. The van der Waals surface area contributed by atoms with Crippen LogP contribution in [0, 0.1) is 0 Å². The summed E-state index contributed by atoms with van der Waals surface area (Å²) in [7, 11) is 1.15. The third-order valence-electron chi connectivity index (χ3n) is 1.74. The molecule has 0 aliphatic carbocycles. The predicted octanol–water partition coefficient (Wildman–Crippen LogP) is 2.87. The van der Waals surface area contributed by atoms with E-state index in [2.05, 4.69) is 10.1 Å². The van der Waals surface area contributed by atoms with Crippen LogP contribution in [0.5, 0.6) is 0 Å². The highest BCUT2D eigenvalue weighted by Crippen LogP contribution is 2.33. The molecule has 1 aromatic carbocycles. The zero-order chi connectivity index (χ0) is 12.3. The summed E-state index contributed by atoms with van der Waals surface area (Å²) in [5.74, 6) is -1.23. The summed E-state index contributed by atoms with van der Waals surface area (Å²) in [6.07, 6.45) is -0.827. The first-order valence-electron chi connectivity index (χ1n) is 4.03. The Hall–Kier alpha value is -1.46. The summed E-state index contributed by atoms with van der Waals surface area (Å²) in [5.41, 5.74) is -0.256. The number of rotatable bonds is 2. The Morgan fingerprint density at radius 3 is 2.50 bits per heavy atom. The van der Waals surface area contributed by atoms with E-state index in [1.807, 2.05) is 0 Å². The van der Waals surface area contributed by atoms with Crippen molar-refractivity contribution in [3.8, 4) is 0 Å². The molecule has 1 aromatic rings. The van der Waals surface area contributed by atoms with Gasteiger partial charge >= 0.3 is 12.1 Å². The average molecular weight is 264 g/mol. The Bertz CT molecular complexity index is 447. The van der Waals surface area contributed by atoms with Crippen molar-refractivity contribution < 1.29 is 19.4 Å². The van der Waals surface area contributed by atoms with Crippen LogP contribution in [-0.2, 0) is 4.74 Å². The molecule has 1 rings (SSSR count). The normalized spacial score (nSPS) is 9.69. The van der Waals surface area contributed by atoms with Gasteiger partial charge in [0.1, 0.15) is 0 Å². The molecule has 7 heteroatoms. The second-order valence-corrected chi connectivity index (χ2v) is 3.49. The zero-order valence-electron chi connectivity index (χ0n) is 8.08. The van der Waals surface area contributed by atoms with Gasteiger partial charge in [-0.15, -0.1) is 0 Å². The second kappa shape index (κ2) is 5.05. The van der Waals surface area contributed by atoms with Gasteiger partial charge in [0.05, 0.1) is 28.4 Å². The molecule has 0 unspecified atom stereocenters. The highest BCUT2D eigenvalue weighted by atomic mass is 35.5. The fourth-order valence-electron chi connectivity index (χ4n) is 1.00. The molecule has 5 nitrogen and oxygen atoms in total. The first kappa shape index (κ1) is 12.6. The van der Waals surface area contributed by atoms with E-state index < -0.39 is 12.1 Å². The number of halogens is 2. The van der Waals surface area contributed by atoms with Crippen molar-refractivity contribution in [3.05, 3.63) is 27.7 Å². The predicted molar refractivity (Wildman–Crippen MR) is 59.4 cm³/mol. The van der Waals surface area contributed by atoms with Gasteiger partial charge in [-0.2, -0.15) is 0 Å². The fraction of sp³-hybridized carbons (Fsp3) is 0.111. The van der Waals surface area contributed by atoms with E-state index in [1.165, 1.54) is 12.1 Å². The van der Waals surface area contributed by atoms with Gasteiger partial charge in [-0.1, -0.05) is 23.2 Å². The van der Waals surface area contributed by atoms with E-state index in [1.54, 1.807) is 0 Å². The molecule has 16 heavy (non-hydrogen) atoms. The number of hydrogen-bond donors (Lipinski definition) is 2. The summed E-state index contributed by atoms with van der Waals surface area (Å²) in [4.78, 5) is 21.9. The summed E-state index contributed by atoms with van der Waals surface area (Å²) in [6.45, 7) is 0. The molecule has 0 saturated carbocycles. The lowest BCUT2D eigenvalue weighted by molar-refractivity contribution is 0.0698. The number of anilines is 1. The first-order chi connectivity index (χ1) is 7.47. The van der Waals surface area contributed by atoms with Crippen molar-refractivity contribution in [2.24, 2.45) is 0 Å². The van der Waals surface area contributed by atoms with Gasteiger partial charge in [0.15, 0.2) is 0 Å². The van der Waals surface area contributed by atoms with Crippen LogP contribution in [0.25, 0.3) is 0 Å². The molecule has 0 bridgehead atoms. The van der Waals surface area contributed by atoms with Crippen LogP contribution in [0.1, 0.15) is 10.4 Å². The molecular formula is C9H7Cl2NO4. The number of benzene rings is 1. The second-order valence-electron chi connectivity index (χ2n) is 2.71. The van der Waals surface area contributed by atoms with E-state index in [9.17, 15) is 9.59 Å². The van der Waals surface area contributed by atoms with Crippen molar-refractivity contribution in [1.29, 1.82) is 0 Å². The van der Waals surface area contributed by atoms with Gasteiger partial charge in [-0.3, -0.25) is 5.32 Å². The van der Waals surface area contributed by atoms with Crippen molar-refractivity contribution >= 4 is 41.0 Å². The largest absolute Gasteiger partial charge is 0.478 e. The maximum atomic E-state index is 11.0. The number of carboxylic acids is 1. The minimum atomic E-state index is -1.23. The molecule has 86 valence electrons. The molecule has 0 spiro atoms. The van der Waals surface area contributed by atoms with Crippen LogP contribution in [0.3, 0.4) is 0 Å². The smallest absolute Gasteiger partial charge is 0.411 e. The Morgan fingerprint density at radius 1 is 1.38 bits per heavy atom. The highest BCUT2D eigenvalue weighted by Gasteiger charge is 2.18. The van der Waals surface area contributed by atoms with E-state index in [0.29, 0.717) is 0 Å². The monoisotopic (exact) mass is 263 g/mol. The van der Waals surface area contributed by atoms with Gasteiger partial charge < -0.3 is 9.84 Å². The molecular weight excluding hydrogens is 257 g/mol. The first-order valence-corrected chi connectivity index (χ1v) is 4.79. The number of ether oxygens (including phenoxy) is 1. The number of carboxylic acid groups (broad SMARTS) is 1. The van der Waals surface area contributed by atoms with E-state index in [0.717, 1.165) is 7.11 Å². The van der Waals surface area contributed by atoms with Crippen LogP contribution >= 0.6 is 23.2 Å². The molecule has 0 fully saturated rings. The number of amides is 1. The van der Waals surface area contributed by atoms with Crippen molar-refractivity contribution in [1.82, 2.24) is 0 Å². The standard InChI is InChI=1S/C9H7Cl2NO4/c1-16-9(15)12-7-4(8(13)14)2-3-5(10)6(7)11/h2-3H,1H3,(H,12,15)(H,13,14). The van der Waals surface area contributed by atoms with Gasteiger partial charge in [0.25, 0.3) is 0 Å². The highest BCUT2D eigenvalue weighted by molar-refractivity contribution is 6.44. The molecule has 0 heterocycles. The fourth-order valence-corrected chi connectivity index (χ4v) is 1.37. The number of methoxy groups -OCH3 is 1. The van der Waals surface area contributed by atoms with Crippen molar-refractivity contribution in [2.75, 3.05) is 12.4 Å². The molecule has 2 N–H and O–H groups in total. The molecule has 0 atom stereocenters. The third kappa shape index (κ3) is 2.56. The van der Waals surface area contributed by atoms with E-state index in [4.69, 9.17) is 28.3 Å². The SMILES string of the molecule is COC(=O)Nc1c(C(=O)O)ccc(Cl)c1Cl. The Labute approximate surface area is 101 Å². The van der Waals surface area contributed by atoms with Crippen molar-refractivity contribution in [2.45, 2.75) is 0 Å². The number of hydrogen-bond acceptors (Lipinski definition) is 3. The average Bonchev–Trinajstić information content (AvgIpc) is 2.24. The van der Waals surface area contributed by atoms with Crippen LogP contribution in [0.2, 0.25) is 10.0 Å². The number of carbonyl (C=O) groups excluding carboxylic acids is 1. The van der Waals surface area contributed by atoms with Gasteiger partial charge in [0, 0.05) is 0 Å². The van der Waals surface area contributed by atoms with Crippen LogP contribution in [0.15, 0.2) is 12.1 Å². The van der Waals surface area contributed by atoms with Crippen molar-refractivity contribution in [3.63, 3.8) is 0 Å². The van der Waals surface area contributed by atoms with Crippen LogP contribution in [0.4, 0.5) is 10.5 Å². The Morgan fingerprint density at radius 2 is 2.00 bits per heavy atom. The summed E-state index contributed by atoms with van der Waals surface area (Å²) in [6, 6.07) is 2.57. The lowest BCUT2D eigenvalue weighted by Crippen LogP contribution is -2.14. The van der Waals surface area contributed by atoms with Crippen LogP contribution < -0.4 is 5.32 Å². The van der Waals surface area contributed by atoms with Gasteiger partial charge in [-0.05, 0) is 12.1 Å². The minimum absolute atomic E-state index is 0.0491. The summed E-state index contributed by atoms with van der Waals surface area (Å²) in [5, 5.41) is 11.2. The summed E-state index contributed by atoms with van der Waals surface area (Å²) >= 11 is 11.5. The molecule has 0 saturated heterocycles. The topological polar surface area (TPSA) is 75.6 Å². The molecule has 1 amide bonds. The quantitative estimate of drug-likeness (QED) is 0.861. The van der Waals surface area contributed by atoms with Gasteiger partial charge in [0.2, 0.25) is 0 Å². The number of nitrogens with one attached hydrogen (secondary N) is 1. The van der Waals surface area contributed by atoms with E-state index in [-0.39, 0.29) is 21.3 Å². The number of aromatic carboxylic acids is 1. The molecule has 0 aliphatic rings. The lowest BCUT2D eigenvalue weighted by atomic mass is 10.2. The lowest BCUT2D eigenvalue weighted by Gasteiger charge is -2.10. The maximum Gasteiger partial charge on any atom is 0.411 e. The Kier molecular flexibility index (Phi) is 3.98. The number of carbonyl (C=O) groups is 2. The molecule has 0 aromatic heterocycles. The zero-order valence-corrected chi connectivity index (χ0v) is 9.59. The van der Waals surface area contributed by atoms with Gasteiger partial charge in [-0.25, -0.2) is 9.59 Å². The molecule has 0 aliphatic heterocycles. The third-order valence-corrected chi connectivity index (χ3v) is 2.54.